The zero-order valence-electron chi connectivity index (χ0n) is 9.86. The zero-order chi connectivity index (χ0) is 13.4. The van der Waals surface area contributed by atoms with Crippen LogP contribution in [0.15, 0.2) is 18.2 Å². The summed E-state index contributed by atoms with van der Waals surface area (Å²) in [6.07, 6.45) is -0.540. The van der Waals surface area contributed by atoms with E-state index in [2.05, 4.69) is 0 Å². The maximum atomic E-state index is 12.6. The molecule has 0 unspecified atom stereocenters. The van der Waals surface area contributed by atoms with Gasteiger partial charge in [0.05, 0.1) is 10.6 Å². The summed E-state index contributed by atoms with van der Waals surface area (Å²) in [5.74, 6) is 0. The Balaban J connectivity index is 2.34. The lowest BCUT2D eigenvalue weighted by atomic mass is 9.62. The first-order valence-electron chi connectivity index (χ1n) is 5.96. The lowest BCUT2D eigenvalue weighted by Gasteiger charge is -2.42. The molecule has 0 aliphatic heterocycles. The topological polar surface area (TPSA) is 26.0 Å². The maximum absolute atomic E-state index is 12.6. The second-order valence-corrected chi connectivity index (χ2v) is 5.27. The molecule has 0 aromatic heterocycles. The predicted octanol–water partition coefficient (Wildman–Crippen LogP) is 4.13. The highest BCUT2D eigenvalue weighted by Gasteiger charge is 2.39. The molecule has 2 N–H and O–H groups in total. The Morgan fingerprint density at radius 1 is 1.28 bits per heavy atom. The lowest BCUT2D eigenvalue weighted by molar-refractivity contribution is -0.137. The fourth-order valence-electron chi connectivity index (χ4n) is 2.64. The molecule has 0 spiro atoms. The Kier molecular flexibility index (Phi) is 3.60. The van der Waals surface area contributed by atoms with Gasteiger partial charge in [-0.15, -0.1) is 0 Å². The fourth-order valence-corrected chi connectivity index (χ4v) is 2.93. The first kappa shape index (κ1) is 13.7. The third kappa shape index (κ3) is 2.36. The molecule has 0 atom stereocenters. The molecule has 1 saturated carbocycles. The van der Waals surface area contributed by atoms with Crippen LogP contribution >= 0.6 is 11.6 Å². The summed E-state index contributed by atoms with van der Waals surface area (Å²) < 4.78 is 37.8. The van der Waals surface area contributed by atoms with Gasteiger partial charge in [0.1, 0.15) is 0 Å². The van der Waals surface area contributed by atoms with Crippen LogP contribution in [-0.4, -0.2) is 6.54 Å². The second kappa shape index (κ2) is 4.74. The number of rotatable bonds is 3. The normalized spacial score (nSPS) is 18.5. The Hall–Kier alpha value is -0.740. The van der Waals surface area contributed by atoms with Crippen molar-refractivity contribution in [2.24, 2.45) is 5.73 Å². The highest BCUT2D eigenvalue weighted by Crippen LogP contribution is 2.47. The first-order chi connectivity index (χ1) is 8.39. The van der Waals surface area contributed by atoms with Gasteiger partial charge in [-0.1, -0.05) is 24.1 Å². The third-order valence-corrected chi connectivity index (χ3v) is 4.13. The quantitative estimate of drug-likeness (QED) is 0.883. The molecule has 2 rings (SSSR count). The molecular weight excluding hydrogens is 263 g/mol. The van der Waals surface area contributed by atoms with E-state index in [1.165, 1.54) is 6.07 Å². The number of benzene rings is 1. The van der Waals surface area contributed by atoms with E-state index in [-0.39, 0.29) is 10.4 Å². The van der Waals surface area contributed by atoms with E-state index in [1.54, 1.807) is 6.07 Å². The van der Waals surface area contributed by atoms with Crippen molar-refractivity contribution in [2.75, 3.05) is 6.54 Å². The van der Waals surface area contributed by atoms with Crippen LogP contribution in [0.5, 0.6) is 0 Å². The molecular formula is C13H15ClF3N. The summed E-state index contributed by atoms with van der Waals surface area (Å²) in [7, 11) is 0. The Morgan fingerprint density at radius 3 is 2.33 bits per heavy atom. The Morgan fingerprint density at radius 2 is 1.94 bits per heavy atom. The lowest BCUT2D eigenvalue weighted by Crippen LogP contribution is -2.36. The number of halogens is 4. The predicted molar refractivity (Wildman–Crippen MR) is 65.7 cm³/mol. The van der Waals surface area contributed by atoms with Crippen LogP contribution in [0.25, 0.3) is 0 Å². The van der Waals surface area contributed by atoms with Gasteiger partial charge in [-0.2, -0.15) is 13.2 Å². The van der Waals surface area contributed by atoms with E-state index >= 15 is 0 Å². The molecule has 100 valence electrons. The van der Waals surface area contributed by atoms with Gasteiger partial charge in [-0.25, -0.2) is 0 Å². The molecule has 1 aliphatic rings. The molecule has 0 bridgehead atoms. The zero-order valence-corrected chi connectivity index (χ0v) is 10.6. The average Bonchev–Trinajstić information content (AvgIpc) is 2.21. The second-order valence-electron chi connectivity index (χ2n) is 4.86. The average molecular weight is 278 g/mol. The summed E-state index contributed by atoms with van der Waals surface area (Å²) in [6, 6.07) is 4.08. The van der Waals surface area contributed by atoms with Crippen molar-refractivity contribution in [1.82, 2.24) is 0 Å². The van der Waals surface area contributed by atoms with E-state index in [0.29, 0.717) is 6.54 Å². The third-order valence-electron chi connectivity index (χ3n) is 3.82. The summed E-state index contributed by atoms with van der Waals surface area (Å²) in [5, 5.41) is -0.219. The van der Waals surface area contributed by atoms with Crippen molar-refractivity contribution in [3.05, 3.63) is 34.3 Å². The van der Waals surface area contributed by atoms with Gasteiger partial charge in [0, 0.05) is 0 Å². The van der Waals surface area contributed by atoms with Crippen LogP contribution in [0.2, 0.25) is 5.02 Å². The molecule has 0 heterocycles. The van der Waals surface area contributed by atoms with Crippen molar-refractivity contribution in [3.63, 3.8) is 0 Å². The SMILES string of the molecule is NCCC1(c2ccc(C(F)(F)F)c(Cl)c2)CCC1. The van der Waals surface area contributed by atoms with Gasteiger partial charge in [0.25, 0.3) is 0 Å². The van der Waals surface area contributed by atoms with Gasteiger partial charge in [0.2, 0.25) is 0 Å². The van der Waals surface area contributed by atoms with Crippen LogP contribution in [0, 0.1) is 0 Å². The molecule has 5 heteroatoms. The Bertz CT molecular complexity index is 438. The van der Waals surface area contributed by atoms with Crippen molar-refractivity contribution in [3.8, 4) is 0 Å². The smallest absolute Gasteiger partial charge is 0.330 e. The van der Waals surface area contributed by atoms with Gasteiger partial charge < -0.3 is 5.73 Å². The molecule has 1 fully saturated rings. The van der Waals surface area contributed by atoms with Crippen LogP contribution in [0.4, 0.5) is 13.2 Å². The van der Waals surface area contributed by atoms with E-state index in [4.69, 9.17) is 17.3 Å². The van der Waals surface area contributed by atoms with Crippen molar-refractivity contribution in [1.29, 1.82) is 0 Å². The van der Waals surface area contributed by atoms with Gasteiger partial charge in [-0.3, -0.25) is 0 Å². The number of hydrogen-bond donors (Lipinski definition) is 1. The van der Waals surface area contributed by atoms with Gasteiger partial charge in [-0.05, 0) is 48.9 Å². The van der Waals surface area contributed by atoms with E-state index < -0.39 is 11.7 Å². The molecule has 1 aliphatic carbocycles. The Labute approximate surface area is 109 Å². The largest absolute Gasteiger partial charge is 0.417 e. The van der Waals surface area contributed by atoms with E-state index in [1.807, 2.05) is 0 Å². The molecule has 1 aromatic carbocycles. The monoisotopic (exact) mass is 277 g/mol. The van der Waals surface area contributed by atoms with E-state index in [0.717, 1.165) is 37.3 Å². The fraction of sp³-hybridized carbons (Fsp3) is 0.538. The number of nitrogens with two attached hydrogens (primary N) is 1. The highest BCUT2D eigenvalue weighted by molar-refractivity contribution is 6.31. The van der Waals surface area contributed by atoms with Gasteiger partial charge >= 0.3 is 6.18 Å². The molecule has 0 saturated heterocycles. The minimum Gasteiger partial charge on any atom is -0.330 e. The summed E-state index contributed by atoms with van der Waals surface area (Å²) in [6.45, 7) is 0.540. The molecule has 0 amide bonds. The highest BCUT2D eigenvalue weighted by atomic mass is 35.5. The summed E-state index contributed by atoms with van der Waals surface area (Å²) >= 11 is 5.75. The van der Waals surface area contributed by atoms with Crippen molar-refractivity contribution >= 4 is 11.6 Å². The minimum absolute atomic E-state index is 0.0531. The summed E-state index contributed by atoms with van der Waals surface area (Å²) in [5.41, 5.74) is 5.65. The van der Waals surface area contributed by atoms with E-state index in [9.17, 15) is 13.2 Å². The molecule has 18 heavy (non-hydrogen) atoms. The summed E-state index contributed by atoms with van der Waals surface area (Å²) in [4.78, 5) is 0. The standard InChI is InChI=1S/C13H15ClF3N/c14-11-8-9(2-3-10(11)13(15,16)17)12(6-7-18)4-1-5-12/h2-3,8H,1,4-7,18H2. The first-order valence-corrected chi connectivity index (χ1v) is 6.34. The van der Waals surface area contributed by atoms with Crippen molar-refractivity contribution < 1.29 is 13.2 Å². The molecule has 0 radical (unpaired) electrons. The molecule has 1 aromatic rings. The maximum Gasteiger partial charge on any atom is 0.417 e. The number of alkyl halides is 3. The van der Waals surface area contributed by atoms with Gasteiger partial charge in [0.15, 0.2) is 0 Å². The molecule has 1 nitrogen and oxygen atoms in total. The van der Waals surface area contributed by atoms with Crippen LogP contribution in [0.1, 0.15) is 36.8 Å². The number of hydrogen-bond acceptors (Lipinski definition) is 1. The van der Waals surface area contributed by atoms with Crippen molar-refractivity contribution in [2.45, 2.75) is 37.3 Å². The minimum atomic E-state index is -4.39. The van der Waals surface area contributed by atoms with Crippen LogP contribution in [0.3, 0.4) is 0 Å². The van der Waals surface area contributed by atoms with Crippen LogP contribution < -0.4 is 5.73 Å². The van der Waals surface area contributed by atoms with Crippen LogP contribution in [-0.2, 0) is 11.6 Å².